The molecule has 0 radical (unpaired) electrons. The van der Waals surface area contributed by atoms with Crippen LogP contribution < -0.4 is 4.90 Å². The summed E-state index contributed by atoms with van der Waals surface area (Å²) >= 11 is 0. The van der Waals surface area contributed by atoms with Crippen molar-refractivity contribution < 1.29 is 4.79 Å². The van der Waals surface area contributed by atoms with Crippen LogP contribution in [0.5, 0.6) is 0 Å². The van der Waals surface area contributed by atoms with Gasteiger partial charge in [0.25, 0.3) is 5.91 Å². The van der Waals surface area contributed by atoms with Crippen molar-refractivity contribution in [1.82, 2.24) is 19.8 Å². The maximum absolute atomic E-state index is 13.1. The van der Waals surface area contributed by atoms with E-state index in [2.05, 4.69) is 28.6 Å². The first-order valence-corrected chi connectivity index (χ1v) is 9.94. The van der Waals surface area contributed by atoms with E-state index in [9.17, 15) is 4.79 Å². The molecule has 3 heterocycles. The fraction of sp³-hybridized carbons (Fsp3) is 0.600. The standard InChI is InChI=1S/C20H29N5O/c1-3-23-11-13-24(14-12-23)19(26)16-8-6-9-17-18(16)22-20(21-17)25-10-5-4-7-15(25)2/h6,8-9,15H,3-5,7,10-14H2,1-2H3,(H,21,22). The normalized spacial score (nSPS) is 22.2. The molecule has 2 fully saturated rings. The highest BCUT2D eigenvalue weighted by molar-refractivity contribution is 6.05. The third-order valence-electron chi connectivity index (χ3n) is 5.91. The number of likely N-dealkylation sites (N-methyl/N-ethyl adjacent to an activating group) is 1. The number of piperidine rings is 1. The Morgan fingerprint density at radius 1 is 1.19 bits per heavy atom. The van der Waals surface area contributed by atoms with Gasteiger partial charge < -0.3 is 19.7 Å². The summed E-state index contributed by atoms with van der Waals surface area (Å²) in [6.45, 7) is 10.0. The van der Waals surface area contributed by atoms with Crippen LogP contribution in [-0.4, -0.2) is 71.0 Å². The van der Waals surface area contributed by atoms with Crippen LogP contribution in [0.4, 0.5) is 5.95 Å². The molecule has 0 bridgehead atoms. The molecule has 1 unspecified atom stereocenters. The Hall–Kier alpha value is -2.08. The number of aromatic amines is 1. The zero-order chi connectivity index (χ0) is 18.1. The number of amides is 1. The van der Waals surface area contributed by atoms with Crippen LogP contribution in [0.15, 0.2) is 18.2 Å². The molecule has 2 aliphatic rings. The number of para-hydroxylation sites is 1. The lowest BCUT2D eigenvalue weighted by Gasteiger charge is -2.34. The van der Waals surface area contributed by atoms with Crippen molar-refractivity contribution in [1.29, 1.82) is 0 Å². The average molecular weight is 355 g/mol. The highest BCUT2D eigenvalue weighted by atomic mass is 16.2. The summed E-state index contributed by atoms with van der Waals surface area (Å²) in [4.78, 5) is 28.1. The Balaban J connectivity index is 1.60. The first-order valence-electron chi connectivity index (χ1n) is 9.94. The summed E-state index contributed by atoms with van der Waals surface area (Å²) in [5.41, 5.74) is 2.48. The lowest BCUT2D eigenvalue weighted by Crippen LogP contribution is -2.48. The summed E-state index contributed by atoms with van der Waals surface area (Å²) in [7, 11) is 0. The van der Waals surface area contributed by atoms with Crippen LogP contribution in [0.25, 0.3) is 11.0 Å². The van der Waals surface area contributed by atoms with Gasteiger partial charge in [-0.05, 0) is 44.9 Å². The summed E-state index contributed by atoms with van der Waals surface area (Å²) in [5.74, 6) is 1.01. The molecule has 2 aromatic rings. The van der Waals surface area contributed by atoms with Gasteiger partial charge in [-0.1, -0.05) is 13.0 Å². The molecule has 0 spiro atoms. The second-order valence-corrected chi connectivity index (χ2v) is 7.53. The topological polar surface area (TPSA) is 55.5 Å². The molecule has 1 atom stereocenters. The Kier molecular flexibility index (Phi) is 4.85. The molecular weight excluding hydrogens is 326 g/mol. The molecule has 0 aliphatic carbocycles. The maximum atomic E-state index is 13.1. The van der Waals surface area contributed by atoms with Crippen molar-refractivity contribution in [2.45, 2.75) is 39.2 Å². The number of nitrogens with zero attached hydrogens (tertiary/aromatic N) is 4. The largest absolute Gasteiger partial charge is 0.340 e. The number of benzene rings is 1. The number of imidazole rings is 1. The molecule has 140 valence electrons. The molecule has 0 saturated carbocycles. The second-order valence-electron chi connectivity index (χ2n) is 7.53. The van der Waals surface area contributed by atoms with Gasteiger partial charge in [0.2, 0.25) is 5.95 Å². The predicted octanol–water partition coefficient (Wildman–Crippen LogP) is 2.72. The van der Waals surface area contributed by atoms with Gasteiger partial charge in [-0.3, -0.25) is 4.79 Å². The molecule has 26 heavy (non-hydrogen) atoms. The number of nitrogens with one attached hydrogen (secondary N) is 1. The molecule has 1 aromatic heterocycles. The molecular formula is C20H29N5O. The van der Waals surface area contributed by atoms with Crippen molar-refractivity contribution in [2.75, 3.05) is 44.2 Å². The fourth-order valence-electron chi connectivity index (χ4n) is 4.18. The lowest BCUT2D eigenvalue weighted by molar-refractivity contribution is 0.0645. The Bertz CT molecular complexity index is 778. The highest BCUT2D eigenvalue weighted by Gasteiger charge is 2.25. The van der Waals surface area contributed by atoms with Crippen LogP contribution in [0.3, 0.4) is 0 Å². The van der Waals surface area contributed by atoms with E-state index in [4.69, 9.17) is 4.98 Å². The SMILES string of the molecule is CCN1CCN(C(=O)c2cccc3[nH]c(N4CCCCC4C)nc23)CC1. The van der Waals surface area contributed by atoms with E-state index in [1.807, 2.05) is 23.1 Å². The van der Waals surface area contributed by atoms with Crippen molar-refractivity contribution in [3.8, 4) is 0 Å². The molecule has 1 amide bonds. The van der Waals surface area contributed by atoms with E-state index in [1.54, 1.807) is 0 Å². The van der Waals surface area contributed by atoms with Gasteiger partial charge in [-0.15, -0.1) is 0 Å². The van der Waals surface area contributed by atoms with Crippen molar-refractivity contribution in [3.63, 3.8) is 0 Å². The Morgan fingerprint density at radius 3 is 2.73 bits per heavy atom. The van der Waals surface area contributed by atoms with Gasteiger partial charge >= 0.3 is 0 Å². The minimum Gasteiger partial charge on any atom is -0.340 e. The summed E-state index contributed by atoms with van der Waals surface area (Å²) < 4.78 is 0. The number of hydrogen-bond acceptors (Lipinski definition) is 4. The Labute approximate surface area is 155 Å². The van der Waals surface area contributed by atoms with Crippen molar-refractivity contribution in [2.24, 2.45) is 0 Å². The minimum absolute atomic E-state index is 0.107. The van der Waals surface area contributed by atoms with Gasteiger partial charge in [0, 0.05) is 38.8 Å². The van der Waals surface area contributed by atoms with Crippen molar-refractivity contribution in [3.05, 3.63) is 23.8 Å². The van der Waals surface area contributed by atoms with Gasteiger partial charge in [0.15, 0.2) is 0 Å². The summed E-state index contributed by atoms with van der Waals surface area (Å²) in [6, 6.07) is 6.39. The zero-order valence-electron chi connectivity index (χ0n) is 15.9. The van der Waals surface area contributed by atoms with Gasteiger partial charge in [-0.2, -0.15) is 0 Å². The van der Waals surface area contributed by atoms with Crippen LogP contribution in [-0.2, 0) is 0 Å². The average Bonchev–Trinajstić information content (AvgIpc) is 3.12. The molecule has 2 saturated heterocycles. The zero-order valence-corrected chi connectivity index (χ0v) is 15.9. The maximum Gasteiger partial charge on any atom is 0.256 e. The van der Waals surface area contributed by atoms with E-state index in [0.29, 0.717) is 6.04 Å². The van der Waals surface area contributed by atoms with Crippen LogP contribution >= 0.6 is 0 Å². The fourth-order valence-corrected chi connectivity index (χ4v) is 4.18. The third kappa shape index (κ3) is 3.18. The van der Waals surface area contributed by atoms with E-state index >= 15 is 0 Å². The quantitative estimate of drug-likeness (QED) is 0.920. The number of hydrogen-bond donors (Lipinski definition) is 1. The first-order chi connectivity index (χ1) is 12.7. The molecule has 4 rings (SSSR count). The van der Waals surface area contributed by atoms with Gasteiger partial charge in [0.1, 0.15) is 5.52 Å². The number of aromatic nitrogens is 2. The van der Waals surface area contributed by atoms with E-state index in [-0.39, 0.29) is 5.91 Å². The number of H-pyrrole nitrogens is 1. The predicted molar refractivity (Wildman–Crippen MR) is 105 cm³/mol. The monoisotopic (exact) mass is 355 g/mol. The van der Waals surface area contributed by atoms with Gasteiger partial charge in [-0.25, -0.2) is 4.98 Å². The number of rotatable bonds is 3. The van der Waals surface area contributed by atoms with Crippen LogP contribution in [0.2, 0.25) is 0 Å². The first kappa shape index (κ1) is 17.3. The Morgan fingerprint density at radius 2 is 2.00 bits per heavy atom. The number of anilines is 1. The number of carbonyl (C=O) groups excluding carboxylic acids is 1. The molecule has 6 heteroatoms. The van der Waals surface area contributed by atoms with Crippen LogP contribution in [0.1, 0.15) is 43.5 Å². The third-order valence-corrected chi connectivity index (χ3v) is 5.91. The lowest BCUT2D eigenvalue weighted by atomic mass is 10.0. The highest BCUT2D eigenvalue weighted by Crippen LogP contribution is 2.26. The summed E-state index contributed by atoms with van der Waals surface area (Å²) in [5, 5.41) is 0. The molecule has 2 aliphatic heterocycles. The van der Waals surface area contributed by atoms with E-state index in [1.165, 1.54) is 19.3 Å². The molecule has 6 nitrogen and oxygen atoms in total. The number of carbonyl (C=O) groups is 1. The molecule has 1 N–H and O–H groups in total. The van der Waals surface area contributed by atoms with E-state index < -0.39 is 0 Å². The smallest absolute Gasteiger partial charge is 0.256 e. The summed E-state index contributed by atoms with van der Waals surface area (Å²) in [6.07, 6.45) is 3.69. The van der Waals surface area contributed by atoms with Crippen LogP contribution in [0, 0.1) is 0 Å². The number of fused-ring (bicyclic) bond motifs is 1. The minimum atomic E-state index is 0.107. The van der Waals surface area contributed by atoms with Gasteiger partial charge in [0.05, 0.1) is 11.1 Å². The molecule has 1 aromatic carbocycles. The number of piperazine rings is 1. The van der Waals surface area contributed by atoms with E-state index in [0.717, 1.165) is 61.8 Å². The second kappa shape index (κ2) is 7.27. The van der Waals surface area contributed by atoms with Crippen molar-refractivity contribution >= 4 is 22.9 Å².